The molecule has 0 aliphatic carbocycles. The summed E-state index contributed by atoms with van der Waals surface area (Å²) in [5, 5.41) is 12.3. The average molecular weight is 349 g/mol. The minimum Gasteiger partial charge on any atom is -0.310 e. The third-order valence-corrected chi connectivity index (χ3v) is 4.54. The lowest BCUT2D eigenvalue weighted by Gasteiger charge is -2.27. The van der Waals surface area contributed by atoms with E-state index < -0.39 is 0 Å². The topological polar surface area (TPSA) is 56.1 Å². The Hall–Kier alpha value is -2.64. The van der Waals surface area contributed by atoms with Crippen LogP contribution in [0.4, 0.5) is 5.69 Å². The lowest BCUT2D eigenvalue weighted by Crippen LogP contribution is -2.46. The molecule has 136 valence electrons. The molecule has 1 N–H and O–H groups in total. The van der Waals surface area contributed by atoms with Gasteiger partial charge < -0.3 is 4.90 Å². The molecule has 4 heteroatoms. The lowest BCUT2D eigenvalue weighted by atomic mass is 10.0. The van der Waals surface area contributed by atoms with E-state index in [1.165, 1.54) is 5.56 Å². The molecular formula is C22H27N3O. The van der Waals surface area contributed by atoms with E-state index in [1.807, 2.05) is 37.3 Å². The van der Waals surface area contributed by atoms with E-state index in [9.17, 15) is 4.79 Å². The van der Waals surface area contributed by atoms with E-state index in [0.717, 1.165) is 17.7 Å². The van der Waals surface area contributed by atoms with E-state index in [2.05, 4.69) is 49.5 Å². The highest BCUT2D eigenvalue weighted by atomic mass is 16.2. The van der Waals surface area contributed by atoms with Crippen LogP contribution in [-0.2, 0) is 11.2 Å². The van der Waals surface area contributed by atoms with Crippen LogP contribution in [0, 0.1) is 11.3 Å². The number of aryl methyl sites for hydroxylation is 1. The minimum atomic E-state index is -0.352. The molecule has 2 aromatic rings. The highest BCUT2D eigenvalue weighted by Gasteiger charge is 2.23. The molecule has 2 unspecified atom stereocenters. The first kappa shape index (κ1) is 19.7. The molecule has 0 radical (unpaired) electrons. The van der Waals surface area contributed by atoms with E-state index in [4.69, 9.17) is 5.26 Å². The molecule has 0 heterocycles. The predicted molar refractivity (Wildman–Crippen MR) is 106 cm³/mol. The zero-order chi connectivity index (χ0) is 18.9. The van der Waals surface area contributed by atoms with E-state index in [0.29, 0.717) is 13.0 Å². The van der Waals surface area contributed by atoms with Gasteiger partial charge >= 0.3 is 0 Å². The summed E-state index contributed by atoms with van der Waals surface area (Å²) in [6.45, 7) is 6.47. The molecule has 0 spiro atoms. The van der Waals surface area contributed by atoms with Crippen LogP contribution in [0.25, 0.3) is 0 Å². The number of carbonyl (C=O) groups excluding carboxylic acids is 1. The third-order valence-electron chi connectivity index (χ3n) is 4.54. The maximum atomic E-state index is 13.0. The molecule has 4 nitrogen and oxygen atoms in total. The summed E-state index contributed by atoms with van der Waals surface area (Å²) in [7, 11) is 0. The van der Waals surface area contributed by atoms with Crippen molar-refractivity contribution in [2.24, 2.45) is 0 Å². The molecule has 1 amide bonds. The van der Waals surface area contributed by atoms with Gasteiger partial charge in [0.25, 0.3) is 0 Å². The van der Waals surface area contributed by atoms with Gasteiger partial charge in [0.1, 0.15) is 0 Å². The van der Waals surface area contributed by atoms with Crippen molar-refractivity contribution in [1.29, 1.82) is 5.26 Å². The summed E-state index contributed by atoms with van der Waals surface area (Å²) in [6, 6.07) is 19.8. The first-order valence-corrected chi connectivity index (χ1v) is 9.15. The summed E-state index contributed by atoms with van der Waals surface area (Å²) in [5.41, 5.74) is 3.28. The molecule has 2 rings (SSSR count). The van der Waals surface area contributed by atoms with Gasteiger partial charge in [0, 0.05) is 18.3 Å². The zero-order valence-corrected chi connectivity index (χ0v) is 15.8. The van der Waals surface area contributed by atoms with Crippen molar-refractivity contribution >= 4 is 11.6 Å². The fraction of sp³-hybridized carbons (Fsp3) is 0.364. The first-order valence-electron chi connectivity index (χ1n) is 9.15. The van der Waals surface area contributed by atoms with Gasteiger partial charge in [-0.2, -0.15) is 5.26 Å². The Morgan fingerprint density at radius 1 is 1.12 bits per heavy atom. The van der Waals surface area contributed by atoms with Crippen LogP contribution in [0.3, 0.4) is 0 Å². The molecule has 2 atom stereocenters. The van der Waals surface area contributed by atoms with Crippen molar-refractivity contribution < 1.29 is 4.79 Å². The molecular weight excluding hydrogens is 322 g/mol. The maximum Gasteiger partial charge on any atom is 0.243 e. The molecule has 2 aromatic carbocycles. The number of hydrogen-bond acceptors (Lipinski definition) is 3. The Balaban J connectivity index is 2.08. The molecule has 0 bridgehead atoms. The fourth-order valence-corrected chi connectivity index (χ4v) is 2.95. The van der Waals surface area contributed by atoms with Gasteiger partial charge in [-0.05, 0) is 43.5 Å². The number of anilines is 1. The standard InChI is InChI=1S/C22H27N3O/c1-4-19-11-13-20(14-12-19)17(2)24-18(3)22(26)25(16-8-15-23)21-9-6-5-7-10-21/h5-7,9-14,17-18,24H,4,8,16H2,1-3H3. The predicted octanol–water partition coefficient (Wildman–Crippen LogP) is 4.23. The van der Waals surface area contributed by atoms with Gasteiger partial charge in [-0.1, -0.05) is 49.4 Å². The minimum absolute atomic E-state index is 0.0246. The largest absolute Gasteiger partial charge is 0.310 e. The Morgan fingerprint density at radius 3 is 2.35 bits per heavy atom. The molecule has 26 heavy (non-hydrogen) atoms. The Labute approximate surface area is 156 Å². The molecule has 0 aromatic heterocycles. The van der Waals surface area contributed by atoms with Gasteiger partial charge in [-0.3, -0.25) is 10.1 Å². The Morgan fingerprint density at radius 2 is 1.77 bits per heavy atom. The van der Waals surface area contributed by atoms with Crippen LogP contribution in [0.2, 0.25) is 0 Å². The first-order chi connectivity index (χ1) is 12.6. The number of nitriles is 1. The number of nitrogens with one attached hydrogen (secondary N) is 1. The number of rotatable bonds is 8. The summed E-state index contributed by atoms with van der Waals surface area (Å²) >= 11 is 0. The molecule has 0 fully saturated rings. The van der Waals surface area contributed by atoms with E-state index in [1.54, 1.807) is 4.90 Å². The summed E-state index contributed by atoms with van der Waals surface area (Å²) in [6.07, 6.45) is 1.32. The van der Waals surface area contributed by atoms with Crippen molar-refractivity contribution in [1.82, 2.24) is 5.32 Å². The second kappa shape index (κ2) is 9.74. The number of amides is 1. The number of benzene rings is 2. The van der Waals surface area contributed by atoms with Crippen LogP contribution in [0.15, 0.2) is 54.6 Å². The fourth-order valence-electron chi connectivity index (χ4n) is 2.95. The molecule has 0 saturated carbocycles. The van der Waals surface area contributed by atoms with Crippen molar-refractivity contribution in [2.45, 2.75) is 45.7 Å². The van der Waals surface area contributed by atoms with E-state index >= 15 is 0 Å². The smallest absolute Gasteiger partial charge is 0.243 e. The van der Waals surface area contributed by atoms with Gasteiger partial charge in [-0.15, -0.1) is 0 Å². The second-order valence-electron chi connectivity index (χ2n) is 6.44. The van der Waals surface area contributed by atoms with Crippen LogP contribution >= 0.6 is 0 Å². The summed E-state index contributed by atoms with van der Waals surface area (Å²) in [5.74, 6) is -0.0246. The van der Waals surface area contributed by atoms with Gasteiger partial charge in [-0.25, -0.2) is 0 Å². The summed E-state index contributed by atoms with van der Waals surface area (Å²) in [4.78, 5) is 14.7. The highest BCUT2D eigenvalue weighted by Crippen LogP contribution is 2.18. The number of nitrogens with zero attached hydrogens (tertiary/aromatic N) is 2. The highest BCUT2D eigenvalue weighted by molar-refractivity contribution is 5.97. The monoisotopic (exact) mass is 349 g/mol. The molecule has 0 aliphatic rings. The normalized spacial score (nSPS) is 12.8. The van der Waals surface area contributed by atoms with Crippen LogP contribution < -0.4 is 10.2 Å². The van der Waals surface area contributed by atoms with Crippen LogP contribution in [0.5, 0.6) is 0 Å². The van der Waals surface area contributed by atoms with Crippen molar-refractivity contribution in [3.63, 3.8) is 0 Å². The van der Waals surface area contributed by atoms with Gasteiger partial charge in [0.15, 0.2) is 0 Å². The maximum absolute atomic E-state index is 13.0. The van der Waals surface area contributed by atoms with Crippen molar-refractivity contribution in [3.8, 4) is 6.07 Å². The average Bonchev–Trinajstić information content (AvgIpc) is 2.68. The van der Waals surface area contributed by atoms with Crippen LogP contribution in [0.1, 0.15) is 44.4 Å². The zero-order valence-electron chi connectivity index (χ0n) is 15.8. The van der Waals surface area contributed by atoms with E-state index in [-0.39, 0.29) is 18.0 Å². The Kier molecular flexibility index (Phi) is 7.37. The van der Waals surface area contributed by atoms with Crippen molar-refractivity contribution in [3.05, 3.63) is 65.7 Å². The van der Waals surface area contributed by atoms with Gasteiger partial charge in [0.2, 0.25) is 5.91 Å². The third kappa shape index (κ3) is 5.18. The number of hydrogen-bond donors (Lipinski definition) is 1. The van der Waals surface area contributed by atoms with Gasteiger partial charge in [0.05, 0.1) is 18.5 Å². The molecule has 0 saturated heterocycles. The number of carbonyl (C=O) groups is 1. The lowest BCUT2D eigenvalue weighted by molar-refractivity contribution is -0.120. The Bertz CT molecular complexity index is 734. The quantitative estimate of drug-likeness (QED) is 0.776. The summed E-state index contributed by atoms with van der Waals surface area (Å²) < 4.78 is 0. The van der Waals surface area contributed by atoms with Crippen molar-refractivity contribution in [2.75, 3.05) is 11.4 Å². The SMILES string of the molecule is CCc1ccc(C(C)NC(C)C(=O)N(CCC#N)c2ccccc2)cc1. The second-order valence-corrected chi connectivity index (χ2v) is 6.44. The molecule has 0 aliphatic heterocycles. The number of para-hydroxylation sites is 1. The van der Waals surface area contributed by atoms with Crippen LogP contribution in [-0.4, -0.2) is 18.5 Å².